The Morgan fingerprint density at radius 3 is 1.71 bits per heavy atom. The SMILES string of the molecule is PP(P)P(P)N=S. The van der Waals surface area contributed by atoms with E-state index in [2.05, 4.69) is 43.3 Å². The Morgan fingerprint density at radius 1 is 1.29 bits per heavy atom. The average Bonchev–Trinajstić information content (AvgIpc) is 1.65. The number of hydrogen-bond acceptors (Lipinski definition) is 2. The molecule has 0 aliphatic carbocycles. The van der Waals surface area contributed by atoms with Crippen LogP contribution in [0.2, 0.25) is 0 Å². The molecule has 0 amide bonds. The molecular formula is H6NP5S. The van der Waals surface area contributed by atoms with Crippen LogP contribution in [0.3, 0.4) is 0 Å². The summed E-state index contributed by atoms with van der Waals surface area (Å²) in [7, 11) is 7.73. The summed E-state index contributed by atoms with van der Waals surface area (Å²) in [6.07, 6.45) is 0. The van der Waals surface area contributed by atoms with Crippen LogP contribution in [0.4, 0.5) is 0 Å². The third kappa shape index (κ3) is 4.66. The van der Waals surface area contributed by atoms with Crippen LogP contribution in [0.25, 0.3) is 0 Å². The van der Waals surface area contributed by atoms with E-state index >= 15 is 0 Å². The van der Waals surface area contributed by atoms with Crippen molar-refractivity contribution in [2.24, 2.45) is 4.13 Å². The fraction of sp³-hybridized carbons (Fsp3) is 0. The molecule has 0 N–H and O–H groups in total. The first-order valence-electron chi connectivity index (χ1n) is 1.36. The maximum absolute atomic E-state index is 4.47. The zero-order chi connectivity index (χ0) is 5.86. The molecule has 0 saturated heterocycles. The Hall–Kier alpha value is 2.17. The van der Waals surface area contributed by atoms with Gasteiger partial charge in [0.15, 0.2) is 0 Å². The van der Waals surface area contributed by atoms with Crippen LogP contribution in [-0.4, -0.2) is 0 Å². The fourth-order valence-electron chi connectivity index (χ4n) is 0.0422. The fourth-order valence-corrected chi connectivity index (χ4v) is 3.42. The lowest BCUT2D eigenvalue weighted by atomic mass is 13.9. The lowest BCUT2D eigenvalue weighted by Crippen LogP contribution is -1.31. The van der Waals surface area contributed by atoms with Gasteiger partial charge in [-0.1, -0.05) is 8.93 Å². The Labute approximate surface area is 58.1 Å². The summed E-state index contributed by atoms with van der Waals surface area (Å²) in [5, 5.41) is 0. The molecule has 0 fully saturated rings. The van der Waals surface area contributed by atoms with Gasteiger partial charge in [-0.25, -0.2) is 0 Å². The summed E-state index contributed by atoms with van der Waals surface area (Å²) in [6.45, 7) is -0.0715. The van der Waals surface area contributed by atoms with Crippen LogP contribution in [0.5, 0.6) is 0 Å². The minimum atomic E-state index is -0.290. The van der Waals surface area contributed by atoms with Gasteiger partial charge in [-0.15, -0.1) is 17.9 Å². The van der Waals surface area contributed by atoms with Gasteiger partial charge in [0.05, 0.1) is 7.45 Å². The molecule has 0 radical (unpaired) electrons. The van der Waals surface area contributed by atoms with Crippen molar-refractivity contribution in [3.05, 3.63) is 0 Å². The molecule has 1 nitrogen and oxygen atoms in total. The molecule has 0 aromatic heterocycles. The topological polar surface area (TPSA) is 12.4 Å². The lowest BCUT2D eigenvalue weighted by Gasteiger charge is -2.04. The van der Waals surface area contributed by atoms with Gasteiger partial charge in [0.2, 0.25) is 0 Å². The van der Waals surface area contributed by atoms with Crippen LogP contribution >= 0.6 is 41.2 Å². The molecule has 0 heterocycles. The molecule has 0 bridgehead atoms. The van der Waals surface area contributed by atoms with E-state index in [4.69, 9.17) is 0 Å². The van der Waals surface area contributed by atoms with Gasteiger partial charge >= 0.3 is 0 Å². The normalized spacial score (nSPS) is 14.3. The van der Waals surface area contributed by atoms with E-state index in [0.717, 1.165) is 0 Å². The smallest absolute Gasteiger partial charge is 0.0801 e. The van der Waals surface area contributed by atoms with E-state index in [0.29, 0.717) is 0 Å². The van der Waals surface area contributed by atoms with Crippen molar-refractivity contribution in [1.82, 2.24) is 0 Å². The van der Waals surface area contributed by atoms with Crippen molar-refractivity contribution in [2.75, 3.05) is 0 Å². The highest BCUT2D eigenvalue weighted by Gasteiger charge is 2.01. The van der Waals surface area contributed by atoms with Crippen LogP contribution < -0.4 is 0 Å². The van der Waals surface area contributed by atoms with Gasteiger partial charge in [0.1, 0.15) is 0 Å². The summed E-state index contributed by atoms with van der Waals surface area (Å²) in [6, 6.07) is 0. The first-order chi connectivity index (χ1) is 3.18. The third-order valence-corrected chi connectivity index (χ3v) is 15.8. The first kappa shape index (κ1) is 9.17. The molecule has 0 aliphatic heterocycles. The third-order valence-electron chi connectivity index (χ3n) is 0.320. The van der Waals surface area contributed by atoms with Crippen LogP contribution in [0.15, 0.2) is 4.13 Å². The average molecular weight is 207 g/mol. The highest BCUT2D eigenvalue weighted by atomic mass is 32.8. The molecule has 0 aliphatic rings. The van der Waals surface area contributed by atoms with Crippen molar-refractivity contribution in [3.63, 3.8) is 0 Å². The van der Waals surface area contributed by atoms with E-state index in [9.17, 15) is 0 Å². The van der Waals surface area contributed by atoms with Gasteiger partial charge < -0.3 is 0 Å². The minimum Gasteiger partial charge on any atom is -0.186 e. The van der Waals surface area contributed by atoms with Crippen molar-refractivity contribution >= 4 is 53.6 Å². The van der Waals surface area contributed by atoms with E-state index in [1.54, 1.807) is 0 Å². The Balaban J connectivity index is 3.33. The molecule has 0 saturated carbocycles. The summed E-state index contributed by atoms with van der Waals surface area (Å²) in [5.41, 5.74) is 0. The molecule has 0 spiro atoms. The maximum atomic E-state index is 4.47. The predicted molar refractivity (Wildman–Crippen MR) is 52.8 cm³/mol. The summed E-state index contributed by atoms with van der Waals surface area (Å²) in [4.78, 5) is 0. The molecule has 0 rings (SSSR count). The number of nitrogens with zero attached hydrogens (tertiary/aromatic N) is 1. The van der Waals surface area contributed by atoms with Crippen molar-refractivity contribution in [1.29, 1.82) is 0 Å². The largest absolute Gasteiger partial charge is 0.186 e. The van der Waals surface area contributed by atoms with Crippen LogP contribution in [-0.2, 0) is 12.4 Å². The van der Waals surface area contributed by atoms with Gasteiger partial charge in [-0.3, -0.25) is 0 Å². The quantitative estimate of drug-likeness (QED) is 0.634. The van der Waals surface area contributed by atoms with E-state index in [1.807, 2.05) is 0 Å². The Bertz CT molecular complexity index is 61.1. The van der Waals surface area contributed by atoms with Crippen LogP contribution in [0, 0.1) is 0 Å². The van der Waals surface area contributed by atoms with Crippen LogP contribution in [0.1, 0.15) is 0 Å². The molecule has 0 aromatic carbocycles. The Kier molecular flexibility index (Phi) is 6.54. The number of hydrogen-bond donors (Lipinski definition) is 0. The maximum Gasteiger partial charge on any atom is 0.0801 e. The van der Waals surface area contributed by atoms with Crippen molar-refractivity contribution in [2.45, 2.75) is 0 Å². The predicted octanol–water partition coefficient (Wildman–Crippen LogP) is 2.88. The first-order valence-corrected chi connectivity index (χ1v) is 9.92. The monoisotopic (exact) mass is 207 g/mol. The zero-order valence-corrected chi connectivity index (χ0v) is 9.55. The zero-order valence-electron chi connectivity index (χ0n) is 3.48. The van der Waals surface area contributed by atoms with Crippen molar-refractivity contribution in [3.8, 4) is 0 Å². The summed E-state index contributed by atoms with van der Waals surface area (Å²) < 4.78 is 3.69. The molecule has 4 unspecified atom stereocenters. The van der Waals surface area contributed by atoms with Crippen molar-refractivity contribution < 1.29 is 0 Å². The molecule has 0 aromatic rings. The highest BCUT2D eigenvalue weighted by molar-refractivity contribution is 8.81. The number of rotatable bonds is 2. The molecule has 42 valence electrons. The molecular weight excluding hydrogens is 201 g/mol. The highest BCUT2D eigenvalue weighted by Crippen LogP contribution is 2.83. The lowest BCUT2D eigenvalue weighted by molar-refractivity contribution is 2.10. The van der Waals surface area contributed by atoms with Gasteiger partial charge in [0, 0.05) is 12.4 Å². The van der Waals surface area contributed by atoms with Gasteiger partial charge in [0.25, 0.3) is 0 Å². The van der Waals surface area contributed by atoms with Gasteiger partial charge in [-0.2, -0.15) is 4.13 Å². The second-order valence-corrected chi connectivity index (χ2v) is 16.0. The van der Waals surface area contributed by atoms with E-state index < -0.39 is 0 Å². The minimum absolute atomic E-state index is 0.0715. The standard InChI is InChI=1S/H6NP5S/c2-5(1-7)6(3)4/h2-4H2. The second kappa shape index (κ2) is 4.99. The van der Waals surface area contributed by atoms with E-state index in [-0.39, 0.29) is 14.4 Å². The Morgan fingerprint density at radius 2 is 1.71 bits per heavy atom. The molecule has 7 heteroatoms. The van der Waals surface area contributed by atoms with Gasteiger partial charge in [-0.05, 0) is 6.99 Å². The molecule has 7 heavy (non-hydrogen) atoms. The second-order valence-electron chi connectivity index (χ2n) is 0.782. The van der Waals surface area contributed by atoms with E-state index in [1.165, 1.54) is 0 Å². The summed E-state index contributed by atoms with van der Waals surface area (Å²) >= 11 is 4.47. The summed E-state index contributed by atoms with van der Waals surface area (Å²) in [5.74, 6) is 0. The molecule has 4 atom stereocenters.